The molecular formula is C68H138O. The van der Waals surface area contributed by atoms with Gasteiger partial charge in [-0.2, -0.15) is 0 Å². The third-order valence-corrected chi connectivity index (χ3v) is 19.0. The molecule has 3 saturated carbocycles. The van der Waals surface area contributed by atoms with Crippen molar-refractivity contribution >= 4 is 0 Å². The maximum atomic E-state index is 5.53. The van der Waals surface area contributed by atoms with Gasteiger partial charge in [0.2, 0.25) is 0 Å². The first-order chi connectivity index (χ1) is 30.1. The summed E-state index contributed by atoms with van der Waals surface area (Å²) in [7, 11) is 0. The smallest absolute Gasteiger partial charge is 0.0471 e. The van der Waals surface area contributed by atoms with E-state index in [4.69, 9.17) is 4.74 Å². The van der Waals surface area contributed by atoms with Crippen LogP contribution in [0.1, 0.15) is 344 Å². The fourth-order valence-corrected chi connectivity index (χ4v) is 14.1. The average molecular weight is 972 g/mol. The molecule has 4 rings (SSSR count). The molecular weight excluding hydrogens is 833 g/mol. The molecule has 0 radical (unpaired) electrons. The quantitative estimate of drug-likeness (QED) is 0.267. The summed E-state index contributed by atoms with van der Waals surface area (Å²) in [6.45, 7) is 78.2. The second kappa shape index (κ2) is 24.3. The van der Waals surface area contributed by atoms with E-state index in [2.05, 4.69) is 222 Å². The summed E-state index contributed by atoms with van der Waals surface area (Å²) in [5, 5.41) is 0. The van der Waals surface area contributed by atoms with E-state index in [1.54, 1.807) is 0 Å². The standard InChI is InChI=1S/C15H30.C14H28O.C14H28.C13H26.C12H26/c1-13(2,3)12-15(14(4,5)6)10-8-7-9-11-15;1-12(2,3)11-14(13(4,5)6)7-9-15-10-8-14;1-12(2,3)11-14(13(4,5)6)9-7-8-10-14;1-11(2,3)10-13(8-7-9-13)12(4,5)6;1-10(2,3)9-12(7,8)11(4,5)6/h7-12H2,1-6H3;7-11H2,1-6H3;7-11H2,1-6H3;7-10H2,1-6H3;9H2,1-8H3. The van der Waals surface area contributed by atoms with Gasteiger partial charge in [0, 0.05) is 13.2 Å². The van der Waals surface area contributed by atoms with Gasteiger partial charge in [-0.1, -0.05) is 260 Å². The van der Waals surface area contributed by atoms with Crippen molar-refractivity contribution in [3.8, 4) is 0 Å². The van der Waals surface area contributed by atoms with Crippen LogP contribution in [0.25, 0.3) is 0 Å². The van der Waals surface area contributed by atoms with Crippen LogP contribution in [0.15, 0.2) is 0 Å². The van der Waals surface area contributed by atoms with Crippen molar-refractivity contribution in [1.29, 1.82) is 0 Å². The molecule has 0 atom stereocenters. The third kappa shape index (κ3) is 23.6. The van der Waals surface area contributed by atoms with Crippen LogP contribution in [0.4, 0.5) is 0 Å². The van der Waals surface area contributed by atoms with E-state index in [0.29, 0.717) is 81.2 Å². The Morgan fingerprint density at radius 1 is 0.261 bits per heavy atom. The monoisotopic (exact) mass is 971 g/mol. The van der Waals surface area contributed by atoms with Gasteiger partial charge in [-0.25, -0.2) is 0 Å². The fraction of sp³-hybridized carbons (Fsp3) is 1.00. The molecule has 0 aromatic heterocycles. The molecule has 0 bridgehead atoms. The van der Waals surface area contributed by atoms with Gasteiger partial charge in [0.05, 0.1) is 0 Å². The van der Waals surface area contributed by atoms with Crippen LogP contribution >= 0.6 is 0 Å². The van der Waals surface area contributed by atoms with Gasteiger partial charge in [0.25, 0.3) is 0 Å². The molecule has 0 aromatic rings. The van der Waals surface area contributed by atoms with Crippen molar-refractivity contribution in [3.63, 3.8) is 0 Å². The highest BCUT2D eigenvalue weighted by Crippen LogP contribution is 2.60. The molecule has 0 aromatic carbocycles. The van der Waals surface area contributed by atoms with E-state index >= 15 is 0 Å². The van der Waals surface area contributed by atoms with E-state index in [-0.39, 0.29) is 0 Å². The molecule has 0 spiro atoms. The van der Waals surface area contributed by atoms with Crippen molar-refractivity contribution in [2.75, 3.05) is 13.2 Å². The van der Waals surface area contributed by atoms with E-state index < -0.39 is 0 Å². The summed E-state index contributed by atoms with van der Waals surface area (Å²) in [6, 6.07) is 0. The highest BCUT2D eigenvalue weighted by atomic mass is 16.5. The minimum absolute atomic E-state index is 0.393. The molecule has 4 aliphatic rings. The highest BCUT2D eigenvalue weighted by molar-refractivity contribution is 5.00. The summed E-state index contributed by atoms with van der Waals surface area (Å²) >= 11 is 0. The first kappa shape index (κ1) is 69.0. The van der Waals surface area contributed by atoms with Crippen LogP contribution in [-0.4, -0.2) is 13.2 Å². The van der Waals surface area contributed by atoms with Crippen LogP contribution in [-0.2, 0) is 4.74 Å². The Morgan fingerprint density at radius 3 is 0.638 bits per heavy atom. The molecule has 4 fully saturated rings. The fourth-order valence-electron chi connectivity index (χ4n) is 14.1. The Bertz CT molecular complexity index is 1360. The van der Waals surface area contributed by atoms with Crippen LogP contribution in [0.3, 0.4) is 0 Å². The molecule has 1 saturated heterocycles. The van der Waals surface area contributed by atoms with E-state index in [1.165, 1.54) is 122 Å². The summed E-state index contributed by atoms with van der Waals surface area (Å²) < 4.78 is 5.53. The van der Waals surface area contributed by atoms with Gasteiger partial charge in [-0.3, -0.25) is 0 Å². The Kier molecular flexibility index (Phi) is 24.3. The van der Waals surface area contributed by atoms with Crippen LogP contribution in [0.5, 0.6) is 0 Å². The van der Waals surface area contributed by atoms with Crippen molar-refractivity contribution in [1.82, 2.24) is 0 Å². The zero-order chi connectivity index (χ0) is 55.1. The lowest BCUT2D eigenvalue weighted by atomic mass is 9.51. The predicted octanol–water partition coefficient (Wildman–Crippen LogP) is 23.8. The lowest BCUT2D eigenvalue weighted by molar-refractivity contribution is -0.0686. The number of rotatable bonds is 5. The summed E-state index contributed by atoms with van der Waals surface area (Å²) in [4.78, 5) is 0. The number of ether oxygens (including phenoxy) is 1. The van der Waals surface area contributed by atoms with Gasteiger partial charge in [0.1, 0.15) is 0 Å². The molecule has 1 heterocycles. The number of hydrogen-bond acceptors (Lipinski definition) is 1. The Hall–Kier alpha value is -0.0400. The zero-order valence-electron chi connectivity index (χ0n) is 54.8. The summed E-state index contributed by atoms with van der Waals surface area (Å²) in [5.74, 6) is 0. The van der Waals surface area contributed by atoms with Gasteiger partial charge >= 0.3 is 0 Å². The second-order valence-electron chi connectivity index (χ2n) is 36.7. The SMILES string of the molecule is CC(C)(C)CC(C)(C)C(C)(C)C.CC(C)(C)CC1(C(C)(C)C)CCC1.CC(C)(C)CC1(C(C)(C)C)CCCC1.CC(C)(C)CC1(C(C)(C)C)CCCCC1.CC(C)(C)CC1(C(C)(C)C)CCOCC1. The first-order valence-corrected chi connectivity index (χ1v) is 29.7. The Morgan fingerprint density at radius 2 is 0.478 bits per heavy atom. The lowest BCUT2D eigenvalue weighted by Gasteiger charge is -2.54. The van der Waals surface area contributed by atoms with Gasteiger partial charge < -0.3 is 4.74 Å². The van der Waals surface area contributed by atoms with Crippen LogP contribution in [0.2, 0.25) is 0 Å². The van der Waals surface area contributed by atoms with Crippen molar-refractivity contribution in [2.24, 2.45) is 81.2 Å². The molecule has 1 aliphatic heterocycles. The highest BCUT2D eigenvalue weighted by Gasteiger charge is 2.49. The molecule has 0 amide bonds. The van der Waals surface area contributed by atoms with Crippen molar-refractivity contribution in [3.05, 3.63) is 0 Å². The first-order valence-electron chi connectivity index (χ1n) is 29.7. The molecule has 1 heteroatoms. The van der Waals surface area contributed by atoms with Crippen molar-refractivity contribution in [2.45, 2.75) is 344 Å². The summed E-state index contributed by atoms with van der Waals surface area (Å²) in [6.07, 6.45) is 26.7. The molecule has 0 unspecified atom stereocenters. The lowest BCUT2D eigenvalue weighted by Crippen LogP contribution is -2.44. The average Bonchev–Trinajstić information content (AvgIpc) is 3.52. The topological polar surface area (TPSA) is 9.23 Å². The molecule has 1 nitrogen and oxygen atoms in total. The van der Waals surface area contributed by atoms with E-state index in [1.807, 2.05) is 0 Å². The van der Waals surface area contributed by atoms with Crippen molar-refractivity contribution < 1.29 is 4.74 Å². The maximum Gasteiger partial charge on any atom is 0.0471 e. The maximum absolute atomic E-state index is 5.53. The third-order valence-electron chi connectivity index (χ3n) is 19.0. The largest absolute Gasteiger partial charge is 0.381 e. The number of hydrogen-bond donors (Lipinski definition) is 0. The van der Waals surface area contributed by atoms with Gasteiger partial charge in [-0.05, 0) is 165 Å². The predicted molar refractivity (Wildman–Crippen MR) is 317 cm³/mol. The minimum Gasteiger partial charge on any atom is -0.381 e. The Balaban J connectivity index is 0.000000840. The summed E-state index contributed by atoms with van der Waals surface area (Å²) in [5.41, 5.74) is 7.33. The van der Waals surface area contributed by atoms with E-state index in [0.717, 1.165) is 13.2 Å². The molecule has 3 aliphatic carbocycles. The minimum atomic E-state index is 0.393. The zero-order valence-corrected chi connectivity index (χ0v) is 54.8. The molecule has 0 N–H and O–H groups in total. The second-order valence-corrected chi connectivity index (χ2v) is 36.7. The van der Waals surface area contributed by atoms with Crippen LogP contribution in [0, 0.1) is 81.2 Å². The van der Waals surface area contributed by atoms with Crippen LogP contribution < -0.4 is 0 Å². The van der Waals surface area contributed by atoms with Gasteiger partial charge in [0.15, 0.2) is 0 Å². The molecule has 416 valence electrons. The molecule has 69 heavy (non-hydrogen) atoms. The van der Waals surface area contributed by atoms with E-state index in [9.17, 15) is 0 Å². The van der Waals surface area contributed by atoms with Gasteiger partial charge in [-0.15, -0.1) is 0 Å². The Labute approximate surface area is 440 Å². The normalized spacial score (nSPS) is 21.4.